The van der Waals surface area contributed by atoms with E-state index in [4.69, 9.17) is 4.74 Å². The molecule has 2 aromatic rings. The summed E-state index contributed by atoms with van der Waals surface area (Å²) in [5.41, 5.74) is -0.784. The molecule has 0 heterocycles. The number of benzene rings is 2. The largest absolute Gasteiger partial charge is 0.372 e. The van der Waals surface area contributed by atoms with Gasteiger partial charge in [-0.15, -0.1) is 0 Å². The van der Waals surface area contributed by atoms with Crippen LogP contribution in [0.3, 0.4) is 0 Å². The third-order valence-electron chi connectivity index (χ3n) is 4.28. The third-order valence-corrected chi connectivity index (χ3v) is 4.28. The molecule has 0 saturated heterocycles. The summed E-state index contributed by atoms with van der Waals surface area (Å²) in [6, 6.07) is 10.1. The van der Waals surface area contributed by atoms with Crippen LogP contribution < -0.4 is 10.6 Å². The lowest BCUT2D eigenvalue weighted by Gasteiger charge is -2.29. The van der Waals surface area contributed by atoms with Gasteiger partial charge in [0.15, 0.2) is 0 Å². The number of ether oxygens (including phenoxy) is 1. The van der Waals surface area contributed by atoms with Crippen molar-refractivity contribution in [2.75, 3.05) is 19.0 Å². The maximum atomic E-state index is 14.1. The SMILES string of the molecule is COC(C)(CNC(=O)C(=O)Nc1ccc(C)cc1[N+](=O)[O-])c1ccccc1F. The zero-order chi connectivity index (χ0) is 20.9. The number of amides is 2. The highest BCUT2D eigenvalue weighted by Crippen LogP contribution is 2.27. The highest BCUT2D eigenvalue weighted by atomic mass is 19.1. The number of hydrogen-bond acceptors (Lipinski definition) is 5. The Morgan fingerprint density at radius 3 is 2.50 bits per heavy atom. The smallest absolute Gasteiger partial charge is 0.313 e. The van der Waals surface area contributed by atoms with Crippen LogP contribution in [-0.4, -0.2) is 30.4 Å². The van der Waals surface area contributed by atoms with Gasteiger partial charge in [-0.3, -0.25) is 19.7 Å². The van der Waals surface area contributed by atoms with Crippen molar-refractivity contribution in [3.63, 3.8) is 0 Å². The summed E-state index contributed by atoms with van der Waals surface area (Å²) in [7, 11) is 1.36. The van der Waals surface area contributed by atoms with E-state index >= 15 is 0 Å². The first-order valence-electron chi connectivity index (χ1n) is 8.32. The van der Waals surface area contributed by atoms with Crippen LogP contribution in [0.1, 0.15) is 18.1 Å². The number of anilines is 1. The van der Waals surface area contributed by atoms with Crippen molar-refractivity contribution in [2.24, 2.45) is 0 Å². The standard InChI is InChI=1S/C19H20FN3O5/c1-12-8-9-15(16(10-12)23(26)27)22-18(25)17(24)21-11-19(2,28-3)13-6-4-5-7-14(13)20/h4-10H,11H2,1-3H3,(H,21,24)(H,22,25). The van der Waals surface area contributed by atoms with Crippen molar-refractivity contribution in [2.45, 2.75) is 19.4 Å². The lowest BCUT2D eigenvalue weighted by atomic mass is 9.95. The topological polar surface area (TPSA) is 111 Å². The molecule has 0 aromatic heterocycles. The minimum atomic E-state index is -1.21. The summed E-state index contributed by atoms with van der Waals surface area (Å²) in [6.45, 7) is 3.04. The first kappa shape index (κ1) is 21.0. The Morgan fingerprint density at radius 2 is 1.89 bits per heavy atom. The molecule has 8 nitrogen and oxygen atoms in total. The van der Waals surface area contributed by atoms with E-state index in [1.54, 1.807) is 26.0 Å². The fourth-order valence-electron chi connectivity index (χ4n) is 2.57. The number of carbonyl (C=O) groups excluding carboxylic acids is 2. The minimum Gasteiger partial charge on any atom is -0.372 e. The van der Waals surface area contributed by atoms with E-state index in [1.807, 2.05) is 0 Å². The van der Waals surface area contributed by atoms with Crippen molar-refractivity contribution < 1.29 is 23.6 Å². The summed E-state index contributed by atoms with van der Waals surface area (Å²) in [6.07, 6.45) is 0. The molecule has 0 bridgehead atoms. The molecule has 0 aliphatic rings. The van der Waals surface area contributed by atoms with Gasteiger partial charge in [0, 0.05) is 18.7 Å². The van der Waals surface area contributed by atoms with Crippen molar-refractivity contribution >= 4 is 23.2 Å². The molecule has 2 rings (SSSR count). The van der Waals surface area contributed by atoms with E-state index in [2.05, 4.69) is 10.6 Å². The molecule has 0 spiro atoms. The number of aryl methyl sites for hydroxylation is 1. The van der Waals surface area contributed by atoms with Crippen LogP contribution >= 0.6 is 0 Å². The Labute approximate surface area is 160 Å². The molecule has 2 N–H and O–H groups in total. The van der Waals surface area contributed by atoms with Crippen LogP contribution in [-0.2, 0) is 19.9 Å². The Morgan fingerprint density at radius 1 is 1.21 bits per heavy atom. The fourth-order valence-corrected chi connectivity index (χ4v) is 2.57. The van der Waals surface area contributed by atoms with Crippen molar-refractivity contribution in [1.29, 1.82) is 0 Å². The zero-order valence-corrected chi connectivity index (χ0v) is 15.6. The maximum Gasteiger partial charge on any atom is 0.313 e. The van der Waals surface area contributed by atoms with Gasteiger partial charge < -0.3 is 15.4 Å². The number of methoxy groups -OCH3 is 1. The number of rotatable bonds is 6. The van der Waals surface area contributed by atoms with E-state index in [1.165, 1.54) is 37.4 Å². The highest BCUT2D eigenvalue weighted by Gasteiger charge is 2.31. The van der Waals surface area contributed by atoms with Crippen LogP contribution in [0.2, 0.25) is 0 Å². The number of hydrogen-bond donors (Lipinski definition) is 2. The van der Waals surface area contributed by atoms with Gasteiger partial charge in [0.25, 0.3) is 5.69 Å². The number of nitro benzene ring substituents is 1. The number of nitro groups is 1. The monoisotopic (exact) mass is 389 g/mol. The zero-order valence-electron chi connectivity index (χ0n) is 15.6. The van der Waals surface area contributed by atoms with Crippen LogP contribution in [0.15, 0.2) is 42.5 Å². The Bertz CT molecular complexity index is 918. The number of nitrogens with zero attached hydrogens (tertiary/aromatic N) is 1. The summed E-state index contributed by atoms with van der Waals surface area (Å²) < 4.78 is 19.4. The van der Waals surface area contributed by atoms with Gasteiger partial charge in [-0.2, -0.15) is 0 Å². The Balaban J connectivity index is 2.10. The predicted molar refractivity (Wildman–Crippen MR) is 100 cm³/mol. The van der Waals surface area contributed by atoms with Crippen molar-refractivity contribution in [3.05, 3.63) is 69.5 Å². The van der Waals surface area contributed by atoms with E-state index in [0.29, 0.717) is 5.56 Å². The molecule has 0 aliphatic carbocycles. The second kappa shape index (κ2) is 8.57. The van der Waals surface area contributed by atoms with E-state index in [9.17, 15) is 24.1 Å². The average Bonchev–Trinajstić information content (AvgIpc) is 2.67. The second-order valence-corrected chi connectivity index (χ2v) is 6.33. The van der Waals surface area contributed by atoms with Crippen LogP contribution in [0.4, 0.5) is 15.8 Å². The summed E-state index contributed by atoms with van der Waals surface area (Å²) in [4.78, 5) is 34.7. The quantitative estimate of drug-likeness (QED) is 0.448. The number of halogens is 1. The van der Waals surface area contributed by atoms with Gasteiger partial charge in [0.05, 0.1) is 11.5 Å². The molecule has 2 amide bonds. The number of nitrogens with one attached hydrogen (secondary N) is 2. The van der Waals surface area contributed by atoms with Gasteiger partial charge in [0.1, 0.15) is 17.1 Å². The third kappa shape index (κ3) is 4.68. The molecular weight excluding hydrogens is 369 g/mol. The molecule has 9 heteroatoms. The second-order valence-electron chi connectivity index (χ2n) is 6.33. The van der Waals surface area contributed by atoms with Crippen molar-refractivity contribution in [3.8, 4) is 0 Å². The first-order valence-corrected chi connectivity index (χ1v) is 8.32. The van der Waals surface area contributed by atoms with Gasteiger partial charge in [0.2, 0.25) is 0 Å². The number of carbonyl (C=O) groups is 2. The van der Waals surface area contributed by atoms with Gasteiger partial charge in [-0.1, -0.05) is 24.3 Å². The van der Waals surface area contributed by atoms with E-state index < -0.39 is 28.2 Å². The molecule has 0 aliphatic heterocycles. The van der Waals surface area contributed by atoms with E-state index in [0.717, 1.165) is 0 Å². The molecular formula is C19H20FN3O5. The first-order chi connectivity index (χ1) is 13.2. The molecule has 0 saturated carbocycles. The molecule has 28 heavy (non-hydrogen) atoms. The van der Waals surface area contributed by atoms with Gasteiger partial charge in [-0.05, 0) is 31.5 Å². The van der Waals surface area contributed by atoms with Crippen LogP contribution in [0.25, 0.3) is 0 Å². The van der Waals surface area contributed by atoms with E-state index in [-0.39, 0.29) is 23.5 Å². The Kier molecular flexibility index (Phi) is 6.42. The highest BCUT2D eigenvalue weighted by molar-refractivity contribution is 6.39. The van der Waals surface area contributed by atoms with Crippen molar-refractivity contribution in [1.82, 2.24) is 5.32 Å². The normalized spacial score (nSPS) is 12.7. The van der Waals surface area contributed by atoms with Crippen LogP contribution in [0, 0.1) is 22.9 Å². The summed E-state index contributed by atoms with van der Waals surface area (Å²) in [5.74, 6) is -2.63. The molecule has 148 valence electrons. The molecule has 1 atom stereocenters. The molecule has 0 fully saturated rings. The summed E-state index contributed by atoms with van der Waals surface area (Å²) >= 11 is 0. The molecule has 1 unspecified atom stereocenters. The lowest BCUT2D eigenvalue weighted by molar-refractivity contribution is -0.384. The molecule has 2 aromatic carbocycles. The van der Waals surface area contributed by atoms with Gasteiger partial charge in [-0.25, -0.2) is 4.39 Å². The maximum absolute atomic E-state index is 14.1. The summed E-state index contributed by atoms with van der Waals surface area (Å²) in [5, 5.41) is 15.7. The fraction of sp³-hybridized carbons (Fsp3) is 0.263. The Hall–Kier alpha value is -3.33. The predicted octanol–water partition coefficient (Wildman–Crippen LogP) is 2.66. The van der Waals surface area contributed by atoms with Crippen LogP contribution in [0.5, 0.6) is 0 Å². The lowest BCUT2D eigenvalue weighted by Crippen LogP contribution is -2.44. The average molecular weight is 389 g/mol. The van der Waals surface area contributed by atoms with Gasteiger partial charge >= 0.3 is 11.8 Å². The molecule has 0 radical (unpaired) electrons. The minimum absolute atomic E-state index is 0.0978.